The lowest BCUT2D eigenvalue weighted by molar-refractivity contribution is -0.812. The van der Waals surface area contributed by atoms with Gasteiger partial charge in [-0.3, -0.25) is 10.0 Å². The van der Waals surface area contributed by atoms with Crippen LogP contribution in [0.5, 0.6) is 5.75 Å². The van der Waals surface area contributed by atoms with Gasteiger partial charge in [0.15, 0.2) is 15.4 Å². The average Bonchev–Trinajstić information content (AvgIpc) is 2.42. The molecule has 1 rings (SSSR count). The van der Waals surface area contributed by atoms with E-state index in [1.807, 2.05) is 0 Å². The number of rotatable bonds is 5. The Morgan fingerprint density at radius 1 is 1.48 bits per heavy atom. The zero-order valence-electron chi connectivity index (χ0n) is 13.1. The van der Waals surface area contributed by atoms with Gasteiger partial charge in [-0.25, -0.2) is 13.2 Å². The fraction of sp³-hybridized carbons (Fsp3) is 0.429. The topological polar surface area (TPSA) is 101 Å². The summed E-state index contributed by atoms with van der Waals surface area (Å²) in [4.78, 5) is 16.1. The number of pyridine rings is 1. The van der Waals surface area contributed by atoms with Gasteiger partial charge in [0.25, 0.3) is 0 Å². The number of quaternary nitrogens is 1. The number of sulfone groups is 1. The summed E-state index contributed by atoms with van der Waals surface area (Å²) >= 11 is 5.74. The standard InChI is InChI=1S/C14H17ClN2O5S/c1-5-6-14(2,3)17(19)12(18)13(23(4,20)21)22-11-7-10(15)8-16-9-11/h7-9,13,17H,1-4H3. The van der Waals surface area contributed by atoms with E-state index in [1.165, 1.54) is 39.2 Å². The van der Waals surface area contributed by atoms with Crippen LogP contribution in [0, 0.1) is 17.0 Å². The van der Waals surface area contributed by atoms with E-state index in [0.717, 1.165) is 6.26 Å². The second-order valence-corrected chi connectivity index (χ2v) is 7.84. The van der Waals surface area contributed by atoms with Crippen LogP contribution < -0.4 is 9.80 Å². The molecule has 0 aliphatic rings. The van der Waals surface area contributed by atoms with Crippen molar-refractivity contribution in [2.45, 2.75) is 31.7 Å². The molecule has 0 radical (unpaired) electrons. The van der Waals surface area contributed by atoms with Crippen LogP contribution in [0.25, 0.3) is 0 Å². The van der Waals surface area contributed by atoms with Gasteiger partial charge in [-0.15, -0.1) is 5.92 Å². The Balaban J connectivity index is 3.17. The SMILES string of the molecule is CC#CC(C)(C)[NH+]([O-])C(=O)C(Oc1cncc(Cl)c1)S(C)(=O)=O. The summed E-state index contributed by atoms with van der Waals surface area (Å²) < 4.78 is 28.9. The van der Waals surface area contributed by atoms with Crippen molar-refractivity contribution in [3.8, 4) is 17.6 Å². The molecule has 0 aliphatic carbocycles. The third kappa shape index (κ3) is 5.18. The van der Waals surface area contributed by atoms with Crippen LogP contribution in [-0.2, 0) is 14.6 Å². The zero-order valence-corrected chi connectivity index (χ0v) is 14.7. The van der Waals surface area contributed by atoms with E-state index < -0.39 is 31.8 Å². The van der Waals surface area contributed by atoms with E-state index in [0.29, 0.717) is 0 Å². The lowest BCUT2D eigenvalue weighted by Gasteiger charge is -2.33. The molecule has 0 bridgehead atoms. The molecular weight excluding hydrogens is 344 g/mol. The van der Waals surface area contributed by atoms with Gasteiger partial charge in [0, 0.05) is 32.4 Å². The van der Waals surface area contributed by atoms with Gasteiger partial charge in [-0.1, -0.05) is 11.6 Å². The Hall–Kier alpha value is -1.66. The summed E-state index contributed by atoms with van der Waals surface area (Å²) in [6.07, 6.45) is 3.31. The average molecular weight is 361 g/mol. The van der Waals surface area contributed by atoms with Crippen LogP contribution in [-0.4, -0.2) is 36.5 Å². The molecule has 0 fully saturated rings. The first-order valence-corrected chi connectivity index (χ1v) is 8.81. The van der Waals surface area contributed by atoms with Gasteiger partial charge in [0.2, 0.25) is 0 Å². The van der Waals surface area contributed by atoms with Gasteiger partial charge in [-0.2, -0.15) is 0 Å². The Morgan fingerprint density at radius 3 is 2.57 bits per heavy atom. The zero-order chi connectivity index (χ0) is 17.8. The van der Waals surface area contributed by atoms with Gasteiger partial charge < -0.3 is 9.94 Å². The minimum absolute atomic E-state index is 0.0338. The number of aromatic nitrogens is 1. The predicted octanol–water partition coefficient (Wildman–Crippen LogP) is 0.196. The number of halogens is 1. The molecule has 0 aromatic carbocycles. The maximum Gasteiger partial charge on any atom is 0.369 e. The van der Waals surface area contributed by atoms with Crippen LogP contribution in [0.4, 0.5) is 0 Å². The van der Waals surface area contributed by atoms with Gasteiger partial charge in [0.1, 0.15) is 5.75 Å². The van der Waals surface area contributed by atoms with E-state index >= 15 is 0 Å². The monoisotopic (exact) mass is 360 g/mol. The molecule has 2 atom stereocenters. The predicted molar refractivity (Wildman–Crippen MR) is 85.4 cm³/mol. The van der Waals surface area contributed by atoms with E-state index in [1.54, 1.807) is 0 Å². The molecule has 0 saturated heterocycles. The number of hydrogen-bond donors (Lipinski definition) is 1. The maximum atomic E-state index is 12.3. The van der Waals surface area contributed by atoms with Gasteiger partial charge in [0.05, 0.1) is 11.2 Å². The van der Waals surface area contributed by atoms with Crippen molar-refractivity contribution >= 4 is 27.3 Å². The highest BCUT2D eigenvalue weighted by Gasteiger charge is 2.41. The molecule has 0 aliphatic heterocycles. The maximum absolute atomic E-state index is 12.3. The third-order valence-electron chi connectivity index (χ3n) is 2.75. The molecule has 9 heteroatoms. The quantitative estimate of drug-likeness (QED) is 0.594. The smallest absolute Gasteiger partial charge is 0.369 e. The largest absolute Gasteiger partial charge is 0.626 e. The van der Waals surface area contributed by atoms with E-state index in [4.69, 9.17) is 16.3 Å². The van der Waals surface area contributed by atoms with Crippen molar-refractivity contribution in [3.05, 3.63) is 28.7 Å². The van der Waals surface area contributed by atoms with Gasteiger partial charge in [-0.05, 0) is 12.8 Å². The van der Waals surface area contributed by atoms with E-state index in [2.05, 4.69) is 16.8 Å². The number of ether oxygens (including phenoxy) is 1. The van der Waals surface area contributed by atoms with E-state index in [9.17, 15) is 18.4 Å². The summed E-state index contributed by atoms with van der Waals surface area (Å²) in [6.45, 7) is 4.38. The Bertz CT molecular complexity index is 752. The summed E-state index contributed by atoms with van der Waals surface area (Å²) in [5.74, 6) is 3.89. The molecule has 1 amide bonds. The first kappa shape index (κ1) is 19.4. The fourth-order valence-corrected chi connectivity index (χ4v) is 2.65. The second kappa shape index (κ2) is 7.27. The summed E-state index contributed by atoms with van der Waals surface area (Å²) in [7, 11) is -4.01. The molecule has 23 heavy (non-hydrogen) atoms. The second-order valence-electron chi connectivity index (χ2n) is 5.31. The number of carbonyl (C=O) groups excluding carboxylic acids is 1. The lowest BCUT2D eigenvalue weighted by atomic mass is 10.1. The van der Waals surface area contributed by atoms with Crippen molar-refractivity contribution in [2.75, 3.05) is 6.26 Å². The van der Waals surface area contributed by atoms with Gasteiger partial charge >= 0.3 is 11.3 Å². The third-order valence-corrected chi connectivity index (χ3v) is 4.05. The number of hydrogen-bond acceptors (Lipinski definition) is 6. The van der Waals surface area contributed by atoms with Crippen molar-refractivity contribution in [1.29, 1.82) is 0 Å². The van der Waals surface area contributed by atoms with Crippen LogP contribution in [0.1, 0.15) is 20.8 Å². The summed E-state index contributed by atoms with van der Waals surface area (Å²) in [6, 6.07) is 1.29. The highest BCUT2D eigenvalue weighted by molar-refractivity contribution is 7.91. The summed E-state index contributed by atoms with van der Waals surface area (Å²) in [5.41, 5.74) is -3.29. The van der Waals surface area contributed by atoms with Crippen molar-refractivity contribution < 1.29 is 23.0 Å². The molecule has 7 nitrogen and oxygen atoms in total. The first-order chi connectivity index (χ1) is 10.5. The number of hydroxylamine groups is 2. The molecule has 0 saturated carbocycles. The minimum Gasteiger partial charge on any atom is -0.626 e. The molecule has 1 aromatic rings. The molecule has 1 aromatic heterocycles. The Kier molecular flexibility index (Phi) is 6.13. The van der Waals surface area contributed by atoms with Crippen molar-refractivity contribution in [1.82, 2.24) is 4.98 Å². The molecule has 1 heterocycles. The summed E-state index contributed by atoms with van der Waals surface area (Å²) in [5, 5.41) is 11.5. The van der Waals surface area contributed by atoms with Crippen LogP contribution in [0.3, 0.4) is 0 Å². The number of carbonyl (C=O) groups is 1. The highest BCUT2D eigenvalue weighted by atomic mass is 35.5. The van der Waals surface area contributed by atoms with Crippen molar-refractivity contribution in [2.24, 2.45) is 0 Å². The fourth-order valence-electron chi connectivity index (χ4n) is 1.70. The molecular formula is C14H17ClN2O5S. The Morgan fingerprint density at radius 2 is 2.09 bits per heavy atom. The highest BCUT2D eigenvalue weighted by Crippen LogP contribution is 2.18. The van der Waals surface area contributed by atoms with Crippen molar-refractivity contribution in [3.63, 3.8) is 0 Å². The Labute approximate surface area is 140 Å². The molecule has 126 valence electrons. The number of nitrogens with zero attached hydrogens (tertiary/aromatic N) is 1. The lowest BCUT2D eigenvalue weighted by Crippen LogP contribution is -3.18. The van der Waals surface area contributed by atoms with E-state index in [-0.39, 0.29) is 10.8 Å². The van der Waals surface area contributed by atoms with Crippen LogP contribution in [0.2, 0.25) is 5.02 Å². The van der Waals surface area contributed by atoms with Crippen LogP contribution in [0.15, 0.2) is 18.5 Å². The minimum atomic E-state index is -4.01. The molecule has 1 N–H and O–H groups in total. The normalized spacial score (nSPS) is 14.3. The van der Waals surface area contributed by atoms with Crippen LogP contribution >= 0.6 is 11.6 Å². The number of nitrogens with one attached hydrogen (secondary N) is 1. The molecule has 0 spiro atoms. The number of amides is 1. The first-order valence-electron chi connectivity index (χ1n) is 6.47. The molecule has 2 unspecified atom stereocenters.